The maximum absolute atomic E-state index is 10.8. The molecule has 0 radical (unpaired) electrons. The third-order valence-electron chi connectivity index (χ3n) is 5.11. The minimum absolute atomic E-state index is 0.473. The van der Waals surface area contributed by atoms with Crippen LogP contribution in [-0.4, -0.2) is 10.7 Å². The van der Waals surface area contributed by atoms with Crippen molar-refractivity contribution in [3.8, 4) is 6.07 Å². The van der Waals surface area contributed by atoms with Gasteiger partial charge < -0.3 is 5.11 Å². The summed E-state index contributed by atoms with van der Waals surface area (Å²) in [6.07, 6.45) is 11.1. The van der Waals surface area contributed by atoms with E-state index in [1.165, 1.54) is 32.1 Å². The molecule has 0 amide bonds. The van der Waals surface area contributed by atoms with Crippen molar-refractivity contribution in [2.24, 2.45) is 11.3 Å². The Bertz CT molecular complexity index is 291. The van der Waals surface area contributed by atoms with Crippen LogP contribution in [0.3, 0.4) is 0 Å². The first kappa shape index (κ1) is 12.9. The van der Waals surface area contributed by atoms with Crippen LogP contribution in [-0.2, 0) is 0 Å². The Morgan fingerprint density at radius 3 is 2.18 bits per heavy atom. The molecule has 1 N–H and O–H groups in total. The van der Waals surface area contributed by atoms with E-state index in [0.29, 0.717) is 5.92 Å². The van der Waals surface area contributed by atoms with E-state index in [1.54, 1.807) is 0 Å². The molecule has 0 spiro atoms. The average molecular weight is 235 g/mol. The summed E-state index contributed by atoms with van der Waals surface area (Å²) >= 11 is 0. The number of hydrogen-bond donors (Lipinski definition) is 1. The predicted molar refractivity (Wildman–Crippen MR) is 68.3 cm³/mol. The highest BCUT2D eigenvalue weighted by molar-refractivity contribution is 5.11. The molecule has 2 fully saturated rings. The van der Waals surface area contributed by atoms with E-state index < -0.39 is 11.0 Å². The maximum atomic E-state index is 10.8. The topological polar surface area (TPSA) is 44.0 Å². The van der Waals surface area contributed by atoms with Gasteiger partial charge in [-0.25, -0.2) is 0 Å². The Labute approximate surface area is 105 Å². The molecular formula is C15H25NO. The second-order valence-electron chi connectivity index (χ2n) is 6.38. The molecule has 96 valence electrons. The van der Waals surface area contributed by atoms with Crippen LogP contribution >= 0.6 is 0 Å². The van der Waals surface area contributed by atoms with E-state index in [0.717, 1.165) is 32.1 Å². The third-order valence-corrected chi connectivity index (χ3v) is 5.11. The number of aliphatic hydroxyl groups is 1. The van der Waals surface area contributed by atoms with Gasteiger partial charge in [-0.15, -0.1) is 0 Å². The first-order valence-electron chi connectivity index (χ1n) is 7.23. The molecule has 2 heteroatoms. The fourth-order valence-electron chi connectivity index (χ4n) is 3.56. The average Bonchev–Trinajstić information content (AvgIpc) is 2.50. The van der Waals surface area contributed by atoms with Crippen LogP contribution in [0.5, 0.6) is 0 Å². The van der Waals surface area contributed by atoms with Crippen molar-refractivity contribution >= 4 is 0 Å². The summed E-state index contributed by atoms with van der Waals surface area (Å²) < 4.78 is 0. The minimum Gasteiger partial charge on any atom is -0.389 e. The van der Waals surface area contributed by atoms with Crippen LogP contribution in [0.2, 0.25) is 0 Å². The quantitative estimate of drug-likeness (QED) is 0.756. The van der Waals surface area contributed by atoms with Crippen LogP contribution in [0.1, 0.15) is 71.1 Å². The standard InChI is InChI=1S/C15H25NO/c1-14(17,11-13-7-6-8-13)15(12-16)9-4-2-3-5-10-15/h13,17H,2-11H2,1H3. The van der Waals surface area contributed by atoms with Gasteiger partial charge in [-0.2, -0.15) is 5.26 Å². The van der Waals surface area contributed by atoms with Gasteiger partial charge in [0.1, 0.15) is 0 Å². The van der Waals surface area contributed by atoms with Crippen molar-refractivity contribution in [2.45, 2.75) is 76.7 Å². The normalized spacial score (nSPS) is 28.5. The van der Waals surface area contributed by atoms with Crippen LogP contribution in [0.4, 0.5) is 0 Å². The Hall–Kier alpha value is -0.550. The molecule has 17 heavy (non-hydrogen) atoms. The van der Waals surface area contributed by atoms with Crippen LogP contribution < -0.4 is 0 Å². The summed E-state index contributed by atoms with van der Waals surface area (Å²) in [5.41, 5.74) is -1.25. The highest BCUT2D eigenvalue weighted by atomic mass is 16.3. The number of hydrogen-bond acceptors (Lipinski definition) is 2. The molecule has 0 aromatic carbocycles. The number of nitrogens with zero attached hydrogens (tertiary/aromatic N) is 1. The fourth-order valence-corrected chi connectivity index (χ4v) is 3.56. The Morgan fingerprint density at radius 2 is 1.76 bits per heavy atom. The largest absolute Gasteiger partial charge is 0.389 e. The van der Waals surface area contributed by atoms with Crippen LogP contribution in [0.15, 0.2) is 0 Å². The zero-order chi connectivity index (χ0) is 12.4. The Balaban J connectivity index is 2.10. The minimum atomic E-state index is -0.781. The molecule has 0 heterocycles. The molecule has 2 aliphatic rings. The molecule has 0 saturated heterocycles. The SMILES string of the molecule is CC(O)(CC1CCC1)C1(C#N)CCCCCC1. The van der Waals surface area contributed by atoms with Crippen molar-refractivity contribution in [3.63, 3.8) is 0 Å². The summed E-state index contributed by atoms with van der Waals surface area (Å²) in [6.45, 7) is 1.92. The van der Waals surface area contributed by atoms with E-state index in [4.69, 9.17) is 0 Å². The Morgan fingerprint density at radius 1 is 1.18 bits per heavy atom. The summed E-state index contributed by atoms with van der Waals surface area (Å²) in [6, 6.07) is 2.50. The second-order valence-corrected chi connectivity index (χ2v) is 6.38. The van der Waals surface area contributed by atoms with E-state index >= 15 is 0 Å². The maximum Gasteiger partial charge on any atom is 0.0857 e. The van der Waals surface area contributed by atoms with Gasteiger partial charge in [-0.05, 0) is 32.1 Å². The van der Waals surface area contributed by atoms with Crippen LogP contribution in [0, 0.1) is 22.7 Å². The zero-order valence-electron chi connectivity index (χ0n) is 11.0. The highest BCUT2D eigenvalue weighted by Gasteiger charge is 2.48. The first-order chi connectivity index (χ1) is 8.10. The molecule has 2 saturated carbocycles. The zero-order valence-corrected chi connectivity index (χ0v) is 11.0. The summed E-state index contributed by atoms with van der Waals surface area (Å²) in [4.78, 5) is 0. The molecule has 2 aliphatic carbocycles. The summed E-state index contributed by atoms with van der Waals surface area (Å²) in [7, 11) is 0. The lowest BCUT2D eigenvalue weighted by molar-refractivity contribution is -0.0722. The van der Waals surface area contributed by atoms with Gasteiger partial charge in [-0.3, -0.25) is 0 Å². The monoisotopic (exact) mass is 235 g/mol. The molecule has 0 aromatic heterocycles. The smallest absolute Gasteiger partial charge is 0.0857 e. The van der Waals surface area contributed by atoms with Crippen molar-refractivity contribution in [1.29, 1.82) is 5.26 Å². The second kappa shape index (κ2) is 4.98. The van der Waals surface area contributed by atoms with E-state index in [9.17, 15) is 10.4 Å². The van der Waals surface area contributed by atoms with Gasteiger partial charge in [0.2, 0.25) is 0 Å². The summed E-state index contributed by atoms with van der Waals surface area (Å²) in [5, 5.41) is 20.4. The molecular weight excluding hydrogens is 210 g/mol. The van der Waals surface area contributed by atoms with Gasteiger partial charge in [-0.1, -0.05) is 44.9 Å². The third kappa shape index (κ3) is 2.50. The molecule has 1 unspecified atom stereocenters. The molecule has 1 atom stereocenters. The van der Waals surface area contributed by atoms with Crippen molar-refractivity contribution in [2.75, 3.05) is 0 Å². The lowest BCUT2D eigenvalue weighted by Gasteiger charge is -2.43. The van der Waals surface area contributed by atoms with Gasteiger partial charge in [0, 0.05) is 0 Å². The predicted octanol–water partition coefficient (Wildman–Crippen LogP) is 3.79. The van der Waals surface area contributed by atoms with Gasteiger partial charge >= 0.3 is 0 Å². The number of rotatable bonds is 3. The lowest BCUT2D eigenvalue weighted by Crippen LogP contribution is -2.47. The van der Waals surface area contributed by atoms with E-state index in [-0.39, 0.29) is 0 Å². The number of nitriles is 1. The van der Waals surface area contributed by atoms with Gasteiger partial charge in [0.25, 0.3) is 0 Å². The van der Waals surface area contributed by atoms with Gasteiger partial charge in [0.05, 0.1) is 17.1 Å². The fraction of sp³-hybridized carbons (Fsp3) is 0.933. The van der Waals surface area contributed by atoms with Gasteiger partial charge in [0.15, 0.2) is 0 Å². The highest BCUT2D eigenvalue weighted by Crippen LogP contribution is 2.48. The Kier molecular flexibility index (Phi) is 3.78. The van der Waals surface area contributed by atoms with Crippen molar-refractivity contribution < 1.29 is 5.11 Å². The van der Waals surface area contributed by atoms with E-state index in [2.05, 4.69) is 6.07 Å². The van der Waals surface area contributed by atoms with Crippen molar-refractivity contribution in [3.05, 3.63) is 0 Å². The van der Waals surface area contributed by atoms with Crippen molar-refractivity contribution in [1.82, 2.24) is 0 Å². The first-order valence-corrected chi connectivity index (χ1v) is 7.23. The molecule has 0 aliphatic heterocycles. The van der Waals surface area contributed by atoms with Crippen LogP contribution in [0.25, 0.3) is 0 Å². The molecule has 2 rings (SSSR count). The van der Waals surface area contributed by atoms with E-state index in [1.807, 2.05) is 6.92 Å². The lowest BCUT2D eigenvalue weighted by atomic mass is 9.63. The summed E-state index contributed by atoms with van der Waals surface area (Å²) in [5.74, 6) is 0.665. The molecule has 0 aromatic rings. The molecule has 0 bridgehead atoms. The molecule has 2 nitrogen and oxygen atoms in total.